The molecular formula is C34H31ClF3N7O4S. The second-order valence-electron chi connectivity index (χ2n) is 13.8. The van der Waals surface area contributed by atoms with Crippen molar-refractivity contribution in [1.82, 2.24) is 20.2 Å². The Morgan fingerprint density at radius 3 is 2.90 bits per heavy atom. The number of nitrogens with one attached hydrogen (secondary N) is 1. The van der Waals surface area contributed by atoms with Crippen molar-refractivity contribution in [2.24, 2.45) is 0 Å². The number of alkyl halides is 1. The van der Waals surface area contributed by atoms with Gasteiger partial charge in [-0.05, 0) is 43.9 Å². The molecule has 9 rings (SSSR count). The van der Waals surface area contributed by atoms with Crippen LogP contribution < -0.4 is 25.4 Å². The molecule has 1 saturated carbocycles. The van der Waals surface area contributed by atoms with Crippen molar-refractivity contribution >= 4 is 61.2 Å². The van der Waals surface area contributed by atoms with E-state index < -0.39 is 29.4 Å². The number of carbonyl (C=O) groups excluding carboxylic acids is 1. The summed E-state index contributed by atoms with van der Waals surface area (Å²) in [6.45, 7) is 1.74. The maximum absolute atomic E-state index is 17.4. The van der Waals surface area contributed by atoms with Gasteiger partial charge in [0.25, 0.3) is 0 Å². The standard InChI is InChI=1S/C34H31ClF3N7O4S/c35-26-24(18-2-3-20(37)30-23(18)19(9-39)31(40)50-30)27(38)28-25-29(26)49-22-12-47-11-21(22)45(17-6-16(7-17)41-14-46)32(25)43-33(42-28)48-13-34-4-1-5-44(34)10-15(36)8-34/h2-3,14-17,21-22H,1,4-8,10-13,40H2,(H,41,46)/t15-,16?,17?,21?,22?,34+/m1/s1. The number of nitrogens with two attached hydrogens (primary N) is 1. The van der Waals surface area contributed by atoms with Crippen LogP contribution in [0.25, 0.3) is 32.1 Å². The van der Waals surface area contributed by atoms with Gasteiger partial charge in [0.15, 0.2) is 11.6 Å². The number of hydrogen-bond donors (Lipinski definition) is 2. The summed E-state index contributed by atoms with van der Waals surface area (Å²) in [5.41, 5.74) is 5.50. The number of nitrogens with zero attached hydrogens (tertiary/aromatic N) is 5. The van der Waals surface area contributed by atoms with Gasteiger partial charge < -0.3 is 30.2 Å². The van der Waals surface area contributed by atoms with E-state index in [2.05, 4.69) is 20.1 Å². The highest BCUT2D eigenvalue weighted by Crippen LogP contribution is 2.53. The normalized spacial score (nSPS) is 28.5. The zero-order chi connectivity index (χ0) is 34.5. The summed E-state index contributed by atoms with van der Waals surface area (Å²) in [6, 6.07) is 3.98. The van der Waals surface area contributed by atoms with Gasteiger partial charge in [-0.2, -0.15) is 15.2 Å². The highest BCUT2D eigenvalue weighted by Gasteiger charge is 2.50. The fraction of sp³-hybridized carbons (Fsp3) is 0.471. The molecule has 50 heavy (non-hydrogen) atoms. The van der Waals surface area contributed by atoms with Crippen LogP contribution in [0.1, 0.15) is 37.7 Å². The van der Waals surface area contributed by atoms with Crippen molar-refractivity contribution < 1.29 is 32.2 Å². The molecule has 3 saturated heterocycles. The first-order valence-corrected chi connectivity index (χ1v) is 17.8. The smallest absolute Gasteiger partial charge is 0.319 e. The second-order valence-corrected chi connectivity index (χ2v) is 15.2. The molecule has 0 spiro atoms. The summed E-state index contributed by atoms with van der Waals surface area (Å²) in [7, 11) is 0. The Kier molecular flexibility index (Phi) is 7.47. The third-order valence-corrected chi connectivity index (χ3v) is 12.4. The molecule has 16 heteroatoms. The van der Waals surface area contributed by atoms with E-state index in [4.69, 9.17) is 36.5 Å². The Labute approximate surface area is 293 Å². The first-order chi connectivity index (χ1) is 24.2. The zero-order valence-electron chi connectivity index (χ0n) is 26.6. The molecule has 4 aliphatic heterocycles. The highest BCUT2D eigenvalue weighted by atomic mass is 35.5. The van der Waals surface area contributed by atoms with Gasteiger partial charge in [0.05, 0.1) is 45.5 Å². The number of halogens is 4. The number of ether oxygens (including phenoxy) is 3. The molecule has 4 atom stereocenters. The van der Waals surface area contributed by atoms with Gasteiger partial charge >= 0.3 is 6.01 Å². The van der Waals surface area contributed by atoms with Crippen LogP contribution >= 0.6 is 22.9 Å². The van der Waals surface area contributed by atoms with Crippen LogP contribution in [0.4, 0.5) is 24.0 Å². The largest absolute Gasteiger partial charge is 0.483 e. The average molecular weight is 726 g/mol. The van der Waals surface area contributed by atoms with E-state index in [0.29, 0.717) is 44.6 Å². The fourth-order valence-corrected chi connectivity index (χ4v) is 9.96. The fourth-order valence-electron chi connectivity index (χ4n) is 8.68. The Hall–Kier alpha value is -4.10. The maximum atomic E-state index is 17.4. The van der Waals surface area contributed by atoms with Crippen LogP contribution in [0.5, 0.6) is 11.8 Å². The number of benzene rings is 2. The third-order valence-electron chi connectivity index (χ3n) is 11.1. The van der Waals surface area contributed by atoms with Crippen molar-refractivity contribution in [3.63, 3.8) is 0 Å². The third kappa shape index (κ3) is 4.64. The Morgan fingerprint density at radius 2 is 2.10 bits per heavy atom. The summed E-state index contributed by atoms with van der Waals surface area (Å²) < 4.78 is 66.0. The number of rotatable bonds is 7. The summed E-state index contributed by atoms with van der Waals surface area (Å²) in [6.07, 6.45) is 2.38. The minimum absolute atomic E-state index is 0.0104. The molecule has 1 aliphatic carbocycles. The number of amides is 1. The molecule has 260 valence electrons. The molecule has 6 heterocycles. The van der Waals surface area contributed by atoms with Gasteiger partial charge in [-0.15, -0.1) is 11.3 Å². The van der Waals surface area contributed by atoms with E-state index in [9.17, 15) is 14.4 Å². The van der Waals surface area contributed by atoms with Gasteiger partial charge in [-0.3, -0.25) is 9.69 Å². The van der Waals surface area contributed by atoms with Crippen molar-refractivity contribution in [2.45, 2.75) is 68.0 Å². The number of nitrogen functional groups attached to an aromatic ring is 1. The molecule has 1 amide bonds. The lowest BCUT2D eigenvalue weighted by Crippen LogP contribution is -2.58. The predicted molar refractivity (Wildman–Crippen MR) is 180 cm³/mol. The van der Waals surface area contributed by atoms with Crippen LogP contribution in [0.3, 0.4) is 0 Å². The molecule has 3 N–H and O–H groups in total. The zero-order valence-corrected chi connectivity index (χ0v) is 28.1. The number of fused-ring (bicyclic) bond motifs is 3. The van der Waals surface area contributed by atoms with Gasteiger partial charge in [0, 0.05) is 36.0 Å². The molecule has 4 fully saturated rings. The molecule has 2 unspecified atom stereocenters. The van der Waals surface area contributed by atoms with E-state index >= 15 is 8.78 Å². The lowest BCUT2D eigenvalue weighted by atomic mass is 9.84. The van der Waals surface area contributed by atoms with Gasteiger partial charge in [0.2, 0.25) is 6.41 Å². The summed E-state index contributed by atoms with van der Waals surface area (Å²) in [5, 5.41) is 13.2. The molecule has 2 aromatic heterocycles. The van der Waals surface area contributed by atoms with Crippen LogP contribution in [0.15, 0.2) is 12.1 Å². The topological polar surface area (TPSA) is 139 Å². The Balaban J connectivity index is 1.26. The SMILES string of the molecule is N#Cc1c(N)sc2c(F)ccc(-c3c(Cl)c4c5c(nc(OC[C@@]67CCCN6C[C@H](F)C7)nc5c3F)N(C3CC(NC=O)C3)C3COCC3O4)c12. The molecular weight excluding hydrogens is 695 g/mol. The Morgan fingerprint density at radius 1 is 1.26 bits per heavy atom. The molecule has 2 aromatic carbocycles. The van der Waals surface area contributed by atoms with E-state index in [1.54, 1.807) is 0 Å². The highest BCUT2D eigenvalue weighted by molar-refractivity contribution is 7.23. The maximum Gasteiger partial charge on any atom is 0.319 e. The van der Waals surface area contributed by atoms with Crippen LogP contribution in [-0.4, -0.2) is 90.1 Å². The second kappa shape index (κ2) is 11.7. The van der Waals surface area contributed by atoms with Gasteiger partial charge in [-0.25, -0.2) is 13.2 Å². The number of thiophene rings is 1. The average Bonchev–Trinajstić information content (AvgIpc) is 3.83. The minimum atomic E-state index is -0.971. The molecule has 0 bridgehead atoms. The van der Waals surface area contributed by atoms with Crippen molar-refractivity contribution in [3.8, 4) is 29.0 Å². The van der Waals surface area contributed by atoms with E-state index in [1.165, 1.54) is 12.1 Å². The molecule has 0 radical (unpaired) electrons. The first-order valence-electron chi connectivity index (χ1n) is 16.6. The summed E-state index contributed by atoms with van der Waals surface area (Å²) in [5.74, 6) is -0.978. The summed E-state index contributed by atoms with van der Waals surface area (Å²) >= 11 is 8.03. The number of aromatic nitrogens is 2. The number of hydrogen-bond acceptors (Lipinski definition) is 11. The van der Waals surface area contributed by atoms with E-state index in [-0.39, 0.29) is 90.8 Å². The lowest BCUT2D eigenvalue weighted by molar-refractivity contribution is -0.110. The van der Waals surface area contributed by atoms with E-state index in [0.717, 1.165) is 30.7 Å². The van der Waals surface area contributed by atoms with Gasteiger partial charge in [0.1, 0.15) is 47.1 Å². The quantitative estimate of drug-likeness (QED) is 0.248. The first kappa shape index (κ1) is 31.9. The Bertz CT molecular complexity index is 2130. The summed E-state index contributed by atoms with van der Waals surface area (Å²) in [4.78, 5) is 24.9. The van der Waals surface area contributed by atoms with Crippen LogP contribution in [0, 0.1) is 23.0 Å². The van der Waals surface area contributed by atoms with Crippen molar-refractivity contribution in [3.05, 3.63) is 34.4 Å². The minimum Gasteiger partial charge on any atom is -0.483 e. The van der Waals surface area contributed by atoms with Crippen molar-refractivity contribution in [1.29, 1.82) is 5.26 Å². The molecule has 5 aliphatic rings. The molecule has 4 aromatic rings. The number of nitriles is 1. The van der Waals surface area contributed by atoms with E-state index in [1.807, 2.05) is 6.07 Å². The monoisotopic (exact) mass is 725 g/mol. The lowest BCUT2D eigenvalue weighted by Gasteiger charge is -2.46. The van der Waals surface area contributed by atoms with Crippen LogP contribution in [0.2, 0.25) is 5.02 Å². The molecule has 11 nitrogen and oxygen atoms in total. The predicted octanol–water partition coefficient (Wildman–Crippen LogP) is 5.10. The van der Waals surface area contributed by atoms with Gasteiger partial charge in [-0.1, -0.05) is 17.7 Å². The van der Waals surface area contributed by atoms with Crippen molar-refractivity contribution in [2.75, 3.05) is 43.5 Å². The number of anilines is 2. The number of carbonyl (C=O) groups is 1. The van der Waals surface area contributed by atoms with Crippen LogP contribution in [-0.2, 0) is 9.53 Å².